The van der Waals surface area contributed by atoms with E-state index in [1.807, 2.05) is 0 Å². The SMILES string of the molecule is COCCCNC(=O)c1ccc(NC(=O)CNc2ccc(C(=O)NCCOC)cc2)cc1. The third-order valence-electron chi connectivity index (χ3n) is 4.43. The van der Waals surface area contributed by atoms with Crippen LogP contribution in [0, 0.1) is 0 Å². The van der Waals surface area contributed by atoms with Gasteiger partial charge in [0.05, 0.1) is 13.2 Å². The van der Waals surface area contributed by atoms with E-state index in [0.717, 1.165) is 6.42 Å². The molecule has 0 saturated heterocycles. The van der Waals surface area contributed by atoms with Crippen LogP contribution < -0.4 is 21.3 Å². The fourth-order valence-electron chi connectivity index (χ4n) is 2.72. The highest BCUT2D eigenvalue weighted by molar-refractivity contribution is 5.97. The molecule has 0 aromatic heterocycles. The molecule has 3 amide bonds. The molecule has 9 nitrogen and oxygen atoms in total. The Balaban J connectivity index is 1.75. The lowest BCUT2D eigenvalue weighted by Crippen LogP contribution is -2.27. The zero-order valence-corrected chi connectivity index (χ0v) is 18.4. The van der Waals surface area contributed by atoms with Gasteiger partial charge in [-0.2, -0.15) is 0 Å². The fourth-order valence-corrected chi connectivity index (χ4v) is 2.72. The maximum atomic E-state index is 12.2. The molecule has 0 saturated carbocycles. The van der Waals surface area contributed by atoms with Crippen molar-refractivity contribution in [1.82, 2.24) is 10.6 Å². The number of methoxy groups -OCH3 is 2. The van der Waals surface area contributed by atoms with Gasteiger partial charge in [-0.05, 0) is 55.0 Å². The zero-order chi connectivity index (χ0) is 23.2. The summed E-state index contributed by atoms with van der Waals surface area (Å²) >= 11 is 0. The number of hydrogen-bond acceptors (Lipinski definition) is 6. The van der Waals surface area contributed by atoms with Crippen LogP contribution in [-0.4, -0.2) is 64.8 Å². The highest BCUT2D eigenvalue weighted by Crippen LogP contribution is 2.11. The van der Waals surface area contributed by atoms with Gasteiger partial charge in [-0.1, -0.05) is 0 Å². The molecule has 2 aromatic rings. The molecule has 0 spiro atoms. The Morgan fingerprint density at radius 3 is 1.81 bits per heavy atom. The maximum Gasteiger partial charge on any atom is 0.251 e. The Morgan fingerprint density at radius 1 is 0.719 bits per heavy atom. The number of carbonyl (C=O) groups excluding carboxylic acids is 3. The fraction of sp³-hybridized carbons (Fsp3) is 0.348. The number of carbonyl (C=O) groups is 3. The van der Waals surface area contributed by atoms with E-state index >= 15 is 0 Å². The van der Waals surface area contributed by atoms with Gasteiger partial charge in [0.25, 0.3) is 11.8 Å². The highest BCUT2D eigenvalue weighted by atomic mass is 16.5. The molecule has 0 fully saturated rings. The normalized spacial score (nSPS) is 10.3. The summed E-state index contributed by atoms with van der Waals surface area (Å²) in [6.07, 6.45) is 0.744. The van der Waals surface area contributed by atoms with Crippen molar-refractivity contribution in [1.29, 1.82) is 0 Å². The van der Waals surface area contributed by atoms with Crippen LogP contribution in [0.3, 0.4) is 0 Å². The van der Waals surface area contributed by atoms with Crippen molar-refractivity contribution < 1.29 is 23.9 Å². The van der Waals surface area contributed by atoms with Gasteiger partial charge >= 0.3 is 0 Å². The first-order valence-electron chi connectivity index (χ1n) is 10.3. The number of amides is 3. The average Bonchev–Trinajstić information content (AvgIpc) is 2.81. The van der Waals surface area contributed by atoms with E-state index in [9.17, 15) is 14.4 Å². The lowest BCUT2D eigenvalue weighted by atomic mass is 10.2. The summed E-state index contributed by atoms with van der Waals surface area (Å²) in [4.78, 5) is 36.2. The van der Waals surface area contributed by atoms with Gasteiger partial charge in [-0.3, -0.25) is 14.4 Å². The molecule has 0 unspecified atom stereocenters. The van der Waals surface area contributed by atoms with Gasteiger partial charge in [0.15, 0.2) is 0 Å². The van der Waals surface area contributed by atoms with Crippen LogP contribution >= 0.6 is 0 Å². The number of benzene rings is 2. The minimum atomic E-state index is -0.233. The first kappa shape index (κ1) is 24.8. The van der Waals surface area contributed by atoms with Gasteiger partial charge in [0.2, 0.25) is 5.91 Å². The second kappa shape index (κ2) is 13.8. The molecular weight excluding hydrogens is 412 g/mol. The summed E-state index contributed by atoms with van der Waals surface area (Å²) in [6, 6.07) is 13.5. The Kier molecular flexibility index (Phi) is 10.7. The Labute approximate surface area is 187 Å². The second-order valence-electron chi connectivity index (χ2n) is 6.91. The first-order valence-corrected chi connectivity index (χ1v) is 10.3. The quantitative estimate of drug-likeness (QED) is 0.352. The Bertz CT molecular complexity index is 869. The lowest BCUT2D eigenvalue weighted by Gasteiger charge is -2.10. The third kappa shape index (κ3) is 8.75. The predicted octanol–water partition coefficient (Wildman–Crippen LogP) is 1.88. The van der Waals surface area contributed by atoms with E-state index in [2.05, 4.69) is 21.3 Å². The predicted molar refractivity (Wildman–Crippen MR) is 123 cm³/mol. The summed E-state index contributed by atoms with van der Waals surface area (Å²) in [5.74, 6) is -0.585. The summed E-state index contributed by atoms with van der Waals surface area (Å²) < 4.78 is 9.84. The van der Waals surface area contributed by atoms with Crippen LogP contribution in [0.25, 0.3) is 0 Å². The van der Waals surface area contributed by atoms with Gasteiger partial charge < -0.3 is 30.7 Å². The smallest absolute Gasteiger partial charge is 0.251 e. The van der Waals surface area contributed by atoms with Crippen molar-refractivity contribution in [2.75, 3.05) is 57.7 Å². The molecule has 0 bridgehead atoms. The zero-order valence-electron chi connectivity index (χ0n) is 18.4. The number of nitrogens with one attached hydrogen (secondary N) is 4. The molecular formula is C23H30N4O5. The minimum Gasteiger partial charge on any atom is -0.385 e. The summed E-state index contributed by atoms with van der Waals surface area (Å²) in [6.45, 7) is 2.08. The first-order chi connectivity index (χ1) is 15.5. The monoisotopic (exact) mass is 442 g/mol. The standard InChI is InChI=1S/C23H30N4O5/c1-31-14-3-12-24-22(29)18-6-10-20(11-7-18)27-21(28)16-26-19-8-4-17(5-9-19)23(30)25-13-15-32-2/h4-11,26H,3,12-16H2,1-2H3,(H,24,29)(H,25,30)(H,27,28). The van der Waals surface area contributed by atoms with Crippen molar-refractivity contribution in [3.8, 4) is 0 Å². The Hall–Kier alpha value is -3.43. The van der Waals surface area contributed by atoms with Gasteiger partial charge in [0, 0.05) is 56.4 Å². The topological polar surface area (TPSA) is 118 Å². The molecule has 2 aromatic carbocycles. The van der Waals surface area contributed by atoms with Crippen LogP contribution in [0.1, 0.15) is 27.1 Å². The molecule has 0 aliphatic carbocycles. The molecule has 4 N–H and O–H groups in total. The molecule has 0 aliphatic rings. The summed E-state index contributed by atoms with van der Waals surface area (Å²) in [5, 5.41) is 11.3. The number of hydrogen-bond donors (Lipinski definition) is 4. The maximum absolute atomic E-state index is 12.2. The lowest BCUT2D eigenvalue weighted by molar-refractivity contribution is -0.114. The third-order valence-corrected chi connectivity index (χ3v) is 4.43. The number of anilines is 2. The largest absolute Gasteiger partial charge is 0.385 e. The number of rotatable bonds is 13. The van der Waals surface area contributed by atoms with Gasteiger partial charge in [0.1, 0.15) is 0 Å². The summed E-state index contributed by atoms with van der Waals surface area (Å²) in [7, 11) is 3.19. The summed E-state index contributed by atoms with van der Waals surface area (Å²) in [5.41, 5.74) is 2.36. The van der Waals surface area contributed by atoms with Crippen LogP contribution in [0.15, 0.2) is 48.5 Å². The molecule has 0 radical (unpaired) electrons. The molecule has 32 heavy (non-hydrogen) atoms. The van der Waals surface area contributed by atoms with E-state index in [4.69, 9.17) is 9.47 Å². The van der Waals surface area contributed by atoms with E-state index in [1.165, 1.54) is 0 Å². The molecule has 0 heterocycles. The van der Waals surface area contributed by atoms with Crippen molar-refractivity contribution in [3.05, 3.63) is 59.7 Å². The van der Waals surface area contributed by atoms with Crippen molar-refractivity contribution in [3.63, 3.8) is 0 Å². The van der Waals surface area contributed by atoms with Crippen LogP contribution in [0.5, 0.6) is 0 Å². The minimum absolute atomic E-state index is 0.0567. The molecule has 172 valence electrons. The van der Waals surface area contributed by atoms with Crippen LogP contribution in [0.4, 0.5) is 11.4 Å². The van der Waals surface area contributed by atoms with Crippen molar-refractivity contribution in [2.24, 2.45) is 0 Å². The van der Waals surface area contributed by atoms with E-state index in [0.29, 0.717) is 48.8 Å². The van der Waals surface area contributed by atoms with Crippen molar-refractivity contribution in [2.45, 2.75) is 6.42 Å². The van der Waals surface area contributed by atoms with Gasteiger partial charge in [-0.25, -0.2) is 0 Å². The molecule has 0 aliphatic heterocycles. The van der Waals surface area contributed by atoms with Crippen molar-refractivity contribution >= 4 is 29.1 Å². The van der Waals surface area contributed by atoms with Gasteiger partial charge in [-0.15, -0.1) is 0 Å². The molecule has 2 rings (SSSR count). The van der Waals surface area contributed by atoms with E-state index in [1.54, 1.807) is 62.8 Å². The molecule has 9 heteroatoms. The van der Waals surface area contributed by atoms with Crippen LogP contribution in [0.2, 0.25) is 0 Å². The van der Waals surface area contributed by atoms with E-state index < -0.39 is 0 Å². The van der Waals surface area contributed by atoms with Crippen LogP contribution in [-0.2, 0) is 14.3 Å². The van der Waals surface area contributed by atoms with E-state index in [-0.39, 0.29) is 24.3 Å². The number of ether oxygens (including phenoxy) is 2. The molecule has 0 atom stereocenters. The highest BCUT2D eigenvalue weighted by Gasteiger charge is 2.08. The second-order valence-corrected chi connectivity index (χ2v) is 6.91. The average molecular weight is 443 g/mol. The Morgan fingerprint density at radius 2 is 1.25 bits per heavy atom.